The van der Waals surface area contributed by atoms with Crippen LogP contribution in [0.15, 0.2) is 54.6 Å². The largest absolute Gasteiger partial charge is 0.494 e. The first-order chi connectivity index (χ1) is 10.3. The summed E-state index contributed by atoms with van der Waals surface area (Å²) in [6.07, 6.45) is 2.98. The Morgan fingerprint density at radius 1 is 1.00 bits per heavy atom. The molecule has 2 rings (SSSR count). The third-order valence-corrected chi connectivity index (χ3v) is 3.94. The Balaban J connectivity index is 1.74. The fourth-order valence-corrected chi connectivity index (χ4v) is 2.57. The molecule has 0 spiro atoms. The van der Waals surface area contributed by atoms with Crippen molar-refractivity contribution >= 4 is 11.6 Å². The van der Waals surface area contributed by atoms with Crippen molar-refractivity contribution < 1.29 is 4.74 Å². The lowest BCUT2D eigenvalue weighted by molar-refractivity contribution is 0.292. The molecule has 0 saturated carbocycles. The molecule has 0 saturated heterocycles. The summed E-state index contributed by atoms with van der Waals surface area (Å²) < 4.78 is 5.71. The smallest absolute Gasteiger partial charge is 0.119 e. The van der Waals surface area contributed by atoms with Gasteiger partial charge in [0.1, 0.15) is 5.75 Å². The van der Waals surface area contributed by atoms with Gasteiger partial charge in [0, 0.05) is 5.02 Å². The van der Waals surface area contributed by atoms with E-state index in [0.717, 1.165) is 36.6 Å². The second kappa shape index (κ2) is 8.71. The Morgan fingerprint density at radius 3 is 2.43 bits per heavy atom. The third kappa shape index (κ3) is 5.41. The van der Waals surface area contributed by atoms with Crippen LogP contribution < -0.4 is 10.5 Å². The zero-order valence-electron chi connectivity index (χ0n) is 12.2. The van der Waals surface area contributed by atoms with Crippen LogP contribution in [-0.2, 0) is 6.42 Å². The highest BCUT2D eigenvalue weighted by molar-refractivity contribution is 6.31. The molecule has 1 atom stereocenters. The Kier molecular flexibility index (Phi) is 6.58. The highest BCUT2D eigenvalue weighted by atomic mass is 35.5. The topological polar surface area (TPSA) is 35.2 Å². The summed E-state index contributed by atoms with van der Waals surface area (Å²) in [5.74, 6) is 1.37. The van der Waals surface area contributed by atoms with Crippen LogP contribution in [-0.4, -0.2) is 13.2 Å². The molecule has 0 fully saturated rings. The predicted molar refractivity (Wildman–Crippen MR) is 88.9 cm³/mol. The van der Waals surface area contributed by atoms with Gasteiger partial charge in [0.25, 0.3) is 0 Å². The van der Waals surface area contributed by atoms with Crippen LogP contribution in [0.2, 0.25) is 5.02 Å². The van der Waals surface area contributed by atoms with E-state index in [1.807, 2.05) is 48.5 Å². The SMILES string of the molecule is NCC(CCCOc1ccccc1)Cc1ccccc1Cl. The van der Waals surface area contributed by atoms with Crippen molar-refractivity contribution in [2.75, 3.05) is 13.2 Å². The van der Waals surface area contributed by atoms with Crippen LogP contribution in [0.1, 0.15) is 18.4 Å². The standard InChI is InChI=1S/C18H22ClNO/c19-18-11-5-4-8-16(18)13-15(14-20)7-6-12-21-17-9-2-1-3-10-17/h1-5,8-11,15H,6-7,12-14,20H2. The molecule has 3 heteroatoms. The van der Waals surface area contributed by atoms with E-state index < -0.39 is 0 Å². The summed E-state index contributed by atoms with van der Waals surface area (Å²) in [4.78, 5) is 0. The van der Waals surface area contributed by atoms with Crippen molar-refractivity contribution in [1.29, 1.82) is 0 Å². The maximum absolute atomic E-state index is 6.20. The first-order valence-electron chi connectivity index (χ1n) is 7.41. The minimum absolute atomic E-state index is 0.448. The first-order valence-corrected chi connectivity index (χ1v) is 7.78. The van der Waals surface area contributed by atoms with Crippen LogP contribution >= 0.6 is 11.6 Å². The number of hydrogen-bond acceptors (Lipinski definition) is 2. The number of para-hydroxylation sites is 1. The molecule has 21 heavy (non-hydrogen) atoms. The minimum atomic E-state index is 0.448. The summed E-state index contributed by atoms with van der Waals surface area (Å²) >= 11 is 6.20. The molecular formula is C18H22ClNO. The number of rotatable bonds is 8. The average molecular weight is 304 g/mol. The van der Waals surface area contributed by atoms with Gasteiger partial charge in [0.2, 0.25) is 0 Å². The molecule has 0 radical (unpaired) electrons. The lowest BCUT2D eigenvalue weighted by Gasteiger charge is -2.16. The van der Waals surface area contributed by atoms with Gasteiger partial charge in [-0.2, -0.15) is 0 Å². The Labute approximate surface area is 131 Å². The normalized spacial score (nSPS) is 12.1. The van der Waals surface area contributed by atoms with Crippen LogP contribution in [0, 0.1) is 5.92 Å². The maximum Gasteiger partial charge on any atom is 0.119 e. The molecule has 112 valence electrons. The van der Waals surface area contributed by atoms with Crippen LogP contribution in [0.25, 0.3) is 0 Å². The summed E-state index contributed by atoms with van der Waals surface area (Å²) in [5.41, 5.74) is 7.06. The van der Waals surface area contributed by atoms with E-state index in [4.69, 9.17) is 22.1 Å². The van der Waals surface area contributed by atoms with E-state index in [1.54, 1.807) is 0 Å². The van der Waals surface area contributed by atoms with E-state index in [0.29, 0.717) is 12.5 Å². The summed E-state index contributed by atoms with van der Waals surface area (Å²) in [7, 11) is 0. The van der Waals surface area contributed by atoms with Crippen LogP contribution in [0.4, 0.5) is 0 Å². The minimum Gasteiger partial charge on any atom is -0.494 e. The van der Waals surface area contributed by atoms with Gasteiger partial charge in [-0.3, -0.25) is 0 Å². The molecule has 0 aromatic heterocycles. The van der Waals surface area contributed by atoms with Crippen molar-refractivity contribution in [3.05, 3.63) is 65.2 Å². The first kappa shape index (κ1) is 15.9. The molecule has 0 bridgehead atoms. The predicted octanol–water partition coefficient (Wildman–Crippen LogP) is 4.32. The summed E-state index contributed by atoms with van der Waals surface area (Å²) in [6.45, 7) is 1.40. The van der Waals surface area contributed by atoms with Gasteiger partial charge in [-0.05, 0) is 55.5 Å². The average Bonchev–Trinajstić information content (AvgIpc) is 2.53. The van der Waals surface area contributed by atoms with Crippen molar-refractivity contribution in [3.63, 3.8) is 0 Å². The number of ether oxygens (including phenoxy) is 1. The number of halogens is 1. The molecule has 1 unspecified atom stereocenters. The summed E-state index contributed by atoms with van der Waals surface area (Å²) in [6, 6.07) is 17.9. The highest BCUT2D eigenvalue weighted by Gasteiger charge is 2.10. The number of nitrogens with two attached hydrogens (primary N) is 1. The molecule has 0 heterocycles. The van der Waals surface area contributed by atoms with E-state index in [-0.39, 0.29) is 0 Å². The van der Waals surface area contributed by atoms with Gasteiger partial charge in [-0.15, -0.1) is 0 Å². The molecule has 0 amide bonds. The number of hydrogen-bond donors (Lipinski definition) is 1. The van der Waals surface area contributed by atoms with Crippen LogP contribution in [0.5, 0.6) is 5.75 Å². The van der Waals surface area contributed by atoms with Gasteiger partial charge in [-0.1, -0.05) is 48.0 Å². The third-order valence-electron chi connectivity index (χ3n) is 3.57. The molecule has 2 aromatic rings. The van der Waals surface area contributed by atoms with Crippen molar-refractivity contribution in [1.82, 2.24) is 0 Å². The van der Waals surface area contributed by atoms with E-state index in [9.17, 15) is 0 Å². The summed E-state index contributed by atoms with van der Waals surface area (Å²) in [5, 5.41) is 0.830. The Bertz CT molecular complexity index is 530. The van der Waals surface area contributed by atoms with Crippen molar-refractivity contribution in [3.8, 4) is 5.75 Å². The highest BCUT2D eigenvalue weighted by Crippen LogP contribution is 2.21. The Morgan fingerprint density at radius 2 is 1.71 bits per heavy atom. The van der Waals surface area contributed by atoms with Gasteiger partial charge >= 0.3 is 0 Å². The van der Waals surface area contributed by atoms with Gasteiger partial charge < -0.3 is 10.5 Å². The second-order valence-electron chi connectivity index (χ2n) is 5.20. The van der Waals surface area contributed by atoms with Gasteiger partial charge in [0.15, 0.2) is 0 Å². The molecule has 0 aliphatic carbocycles. The number of benzene rings is 2. The van der Waals surface area contributed by atoms with Gasteiger partial charge in [-0.25, -0.2) is 0 Å². The second-order valence-corrected chi connectivity index (χ2v) is 5.61. The fourth-order valence-electron chi connectivity index (χ4n) is 2.36. The molecule has 2 nitrogen and oxygen atoms in total. The van der Waals surface area contributed by atoms with Gasteiger partial charge in [0.05, 0.1) is 6.61 Å². The van der Waals surface area contributed by atoms with Crippen LogP contribution in [0.3, 0.4) is 0 Å². The van der Waals surface area contributed by atoms with E-state index in [1.165, 1.54) is 5.56 Å². The molecule has 0 aliphatic rings. The van der Waals surface area contributed by atoms with E-state index >= 15 is 0 Å². The zero-order valence-corrected chi connectivity index (χ0v) is 12.9. The molecule has 2 N–H and O–H groups in total. The molecular weight excluding hydrogens is 282 g/mol. The lowest BCUT2D eigenvalue weighted by Crippen LogP contribution is -2.18. The zero-order chi connectivity index (χ0) is 14.9. The van der Waals surface area contributed by atoms with Crippen molar-refractivity contribution in [2.24, 2.45) is 11.7 Å². The fraction of sp³-hybridized carbons (Fsp3) is 0.333. The maximum atomic E-state index is 6.20. The molecule has 2 aromatic carbocycles. The monoisotopic (exact) mass is 303 g/mol. The van der Waals surface area contributed by atoms with Crippen molar-refractivity contribution in [2.45, 2.75) is 19.3 Å². The Hall–Kier alpha value is -1.51. The quantitative estimate of drug-likeness (QED) is 0.737. The lowest BCUT2D eigenvalue weighted by atomic mass is 9.95. The van der Waals surface area contributed by atoms with E-state index in [2.05, 4.69) is 6.07 Å². The molecule has 0 aliphatic heterocycles.